The Hall–Kier alpha value is -2.35. The first-order valence-corrected chi connectivity index (χ1v) is 10.4. The number of carbonyl (C=O) groups is 1. The number of thioether (sulfide) groups is 1. The Bertz CT molecular complexity index is 820. The number of carbonyl (C=O) groups excluding carboxylic acids is 1. The smallest absolute Gasteiger partial charge is 0.230 e. The quantitative estimate of drug-likeness (QED) is 0.507. The maximum absolute atomic E-state index is 13.9. The summed E-state index contributed by atoms with van der Waals surface area (Å²) >= 11 is 1.33. The Kier molecular flexibility index (Phi) is 7.08. The number of halogens is 1. The van der Waals surface area contributed by atoms with Gasteiger partial charge in [0.1, 0.15) is 0 Å². The second-order valence-corrected chi connectivity index (χ2v) is 7.71. The van der Waals surface area contributed by atoms with Crippen LogP contribution in [-0.2, 0) is 11.3 Å². The van der Waals surface area contributed by atoms with Crippen molar-refractivity contribution >= 4 is 17.7 Å². The summed E-state index contributed by atoms with van der Waals surface area (Å²) in [5, 5.41) is 12.1. The van der Waals surface area contributed by atoms with Gasteiger partial charge in [-0.05, 0) is 31.9 Å². The Morgan fingerprint density at radius 3 is 2.89 bits per heavy atom. The number of ether oxygens (including phenoxy) is 1. The van der Waals surface area contributed by atoms with Crippen molar-refractivity contribution in [2.24, 2.45) is 0 Å². The zero-order valence-electron chi connectivity index (χ0n) is 15.9. The Labute approximate surface area is 168 Å². The van der Waals surface area contributed by atoms with Gasteiger partial charge in [0.15, 0.2) is 28.7 Å². The SMILES string of the molecule is C=CCn1c(SCC(=O)NC2CCCC2)nnc1C(C)Oc1ccccc1F. The lowest BCUT2D eigenvalue weighted by Gasteiger charge is -2.16. The standard InChI is InChI=1S/C20H25FN4O2S/c1-3-12-25-19(14(2)27-17-11-7-6-10-16(17)21)23-24-20(25)28-13-18(26)22-15-8-4-5-9-15/h3,6-7,10-11,14-15H,1,4-5,8-9,12-13H2,2H3,(H,22,26). The maximum Gasteiger partial charge on any atom is 0.230 e. The van der Waals surface area contributed by atoms with Gasteiger partial charge in [0, 0.05) is 12.6 Å². The molecule has 1 atom stereocenters. The second-order valence-electron chi connectivity index (χ2n) is 6.77. The molecule has 1 amide bonds. The minimum absolute atomic E-state index is 0.00209. The zero-order valence-corrected chi connectivity index (χ0v) is 16.8. The Balaban J connectivity index is 1.65. The summed E-state index contributed by atoms with van der Waals surface area (Å²) in [6.07, 6.45) is 5.68. The van der Waals surface area contributed by atoms with Crippen LogP contribution in [0.2, 0.25) is 0 Å². The van der Waals surface area contributed by atoms with Crippen molar-refractivity contribution in [3.63, 3.8) is 0 Å². The highest BCUT2D eigenvalue weighted by atomic mass is 32.2. The van der Waals surface area contributed by atoms with Gasteiger partial charge in [0.25, 0.3) is 0 Å². The van der Waals surface area contributed by atoms with Crippen LogP contribution in [0.1, 0.15) is 44.5 Å². The number of hydrogen-bond donors (Lipinski definition) is 1. The molecule has 1 aliphatic rings. The van der Waals surface area contributed by atoms with Crippen molar-refractivity contribution < 1.29 is 13.9 Å². The molecule has 0 saturated heterocycles. The van der Waals surface area contributed by atoms with Gasteiger partial charge in [-0.25, -0.2) is 4.39 Å². The molecule has 0 bridgehead atoms. The van der Waals surface area contributed by atoms with Gasteiger partial charge in [0.05, 0.1) is 5.75 Å². The molecule has 1 N–H and O–H groups in total. The topological polar surface area (TPSA) is 69.0 Å². The minimum atomic E-state index is -0.508. The number of nitrogens with zero attached hydrogens (tertiary/aromatic N) is 3. The molecular formula is C20H25FN4O2S. The molecule has 1 fully saturated rings. The van der Waals surface area contributed by atoms with Crippen LogP contribution < -0.4 is 10.1 Å². The average Bonchev–Trinajstić information content (AvgIpc) is 3.32. The molecule has 1 saturated carbocycles. The molecule has 1 aromatic carbocycles. The van der Waals surface area contributed by atoms with E-state index in [1.165, 1.54) is 30.7 Å². The highest BCUT2D eigenvalue weighted by molar-refractivity contribution is 7.99. The van der Waals surface area contributed by atoms with E-state index in [2.05, 4.69) is 22.1 Å². The Morgan fingerprint density at radius 2 is 2.18 bits per heavy atom. The van der Waals surface area contributed by atoms with Crippen LogP contribution in [0.4, 0.5) is 4.39 Å². The normalized spacial score (nSPS) is 15.4. The molecule has 1 aliphatic carbocycles. The third kappa shape index (κ3) is 5.13. The number of hydrogen-bond acceptors (Lipinski definition) is 5. The van der Waals surface area contributed by atoms with Crippen LogP contribution in [0.3, 0.4) is 0 Å². The van der Waals surface area contributed by atoms with Gasteiger partial charge >= 0.3 is 0 Å². The van der Waals surface area contributed by atoms with E-state index in [0.717, 1.165) is 12.8 Å². The molecule has 0 radical (unpaired) electrons. The molecule has 0 aliphatic heterocycles. The van der Waals surface area contributed by atoms with E-state index in [9.17, 15) is 9.18 Å². The van der Waals surface area contributed by atoms with Gasteiger partial charge < -0.3 is 10.1 Å². The van der Waals surface area contributed by atoms with Crippen LogP contribution in [0, 0.1) is 5.82 Å². The summed E-state index contributed by atoms with van der Waals surface area (Å²) < 4.78 is 21.4. The lowest BCUT2D eigenvalue weighted by Crippen LogP contribution is -2.33. The molecule has 1 heterocycles. The van der Waals surface area contributed by atoms with Crippen LogP contribution in [0.5, 0.6) is 5.75 Å². The lowest BCUT2D eigenvalue weighted by molar-refractivity contribution is -0.119. The van der Waals surface area contributed by atoms with Crippen molar-refractivity contribution in [1.82, 2.24) is 20.1 Å². The van der Waals surface area contributed by atoms with E-state index in [4.69, 9.17) is 4.74 Å². The van der Waals surface area contributed by atoms with Crippen molar-refractivity contribution in [2.75, 3.05) is 5.75 Å². The molecule has 2 aromatic rings. The number of aromatic nitrogens is 3. The van der Waals surface area contributed by atoms with Gasteiger partial charge in [0.2, 0.25) is 5.91 Å². The van der Waals surface area contributed by atoms with Gasteiger partial charge in [-0.1, -0.05) is 42.8 Å². The average molecular weight is 405 g/mol. The molecule has 3 rings (SSSR count). The van der Waals surface area contributed by atoms with Gasteiger partial charge in [-0.3, -0.25) is 9.36 Å². The van der Waals surface area contributed by atoms with Crippen LogP contribution in [0.25, 0.3) is 0 Å². The molecule has 28 heavy (non-hydrogen) atoms. The fraction of sp³-hybridized carbons (Fsp3) is 0.450. The minimum Gasteiger partial charge on any atom is -0.480 e. The van der Waals surface area contributed by atoms with E-state index < -0.39 is 11.9 Å². The van der Waals surface area contributed by atoms with E-state index in [-0.39, 0.29) is 17.4 Å². The summed E-state index contributed by atoms with van der Waals surface area (Å²) in [6, 6.07) is 6.54. The van der Waals surface area contributed by atoms with E-state index in [1.54, 1.807) is 31.2 Å². The van der Waals surface area contributed by atoms with Crippen LogP contribution in [-0.4, -0.2) is 32.5 Å². The third-order valence-corrected chi connectivity index (χ3v) is 5.58. The first kappa shape index (κ1) is 20.4. The highest BCUT2D eigenvalue weighted by Crippen LogP contribution is 2.26. The van der Waals surface area contributed by atoms with Crippen LogP contribution in [0.15, 0.2) is 42.1 Å². The monoisotopic (exact) mass is 404 g/mol. The number of para-hydroxylation sites is 1. The van der Waals surface area contributed by atoms with E-state index >= 15 is 0 Å². The molecule has 1 unspecified atom stereocenters. The summed E-state index contributed by atoms with van der Waals surface area (Å²) in [5.74, 6) is 0.564. The fourth-order valence-corrected chi connectivity index (χ4v) is 4.03. The molecule has 0 spiro atoms. The van der Waals surface area contributed by atoms with E-state index in [1.807, 2.05) is 4.57 Å². The fourth-order valence-electron chi connectivity index (χ4n) is 3.26. The maximum atomic E-state index is 13.9. The Morgan fingerprint density at radius 1 is 1.43 bits per heavy atom. The molecule has 1 aromatic heterocycles. The predicted molar refractivity (Wildman–Crippen MR) is 107 cm³/mol. The first-order valence-electron chi connectivity index (χ1n) is 9.45. The molecular weight excluding hydrogens is 379 g/mol. The third-order valence-electron chi connectivity index (χ3n) is 4.61. The molecule has 6 nitrogen and oxygen atoms in total. The number of allylic oxidation sites excluding steroid dienone is 1. The first-order chi connectivity index (χ1) is 13.6. The number of rotatable bonds is 9. The van der Waals surface area contributed by atoms with Crippen molar-refractivity contribution in [3.05, 3.63) is 48.6 Å². The molecule has 150 valence electrons. The highest BCUT2D eigenvalue weighted by Gasteiger charge is 2.22. The zero-order chi connectivity index (χ0) is 19.9. The van der Waals surface area contributed by atoms with Crippen molar-refractivity contribution in [1.29, 1.82) is 0 Å². The lowest BCUT2D eigenvalue weighted by atomic mass is 10.2. The van der Waals surface area contributed by atoms with Crippen molar-refractivity contribution in [3.8, 4) is 5.75 Å². The summed E-state index contributed by atoms with van der Waals surface area (Å²) in [6.45, 7) is 6.03. The van der Waals surface area contributed by atoms with Gasteiger partial charge in [-0.15, -0.1) is 16.8 Å². The summed E-state index contributed by atoms with van der Waals surface area (Å²) in [7, 11) is 0. The largest absolute Gasteiger partial charge is 0.480 e. The predicted octanol–water partition coefficient (Wildman–Crippen LogP) is 3.89. The van der Waals surface area contributed by atoms with Crippen molar-refractivity contribution in [2.45, 2.75) is 56.5 Å². The van der Waals surface area contributed by atoms with Gasteiger partial charge in [-0.2, -0.15) is 0 Å². The van der Waals surface area contributed by atoms with E-state index in [0.29, 0.717) is 23.6 Å². The second kappa shape index (κ2) is 9.73. The number of nitrogens with one attached hydrogen (secondary N) is 1. The van der Waals surface area contributed by atoms with Crippen LogP contribution >= 0.6 is 11.8 Å². The number of amides is 1. The molecule has 8 heteroatoms. The summed E-state index contributed by atoms with van der Waals surface area (Å²) in [5.41, 5.74) is 0. The summed E-state index contributed by atoms with van der Waals surface area (Å²) in [4.78, 5) is 12.2. The number of benzene rings is 1.